The van der Waals surface area contributed by atoms with Crippen LogP contribution in [0, 0.1) is 13.8 Å². The van der Waals surface area contributed by atoms with E-state index in [0.29, 0.717) is 21.3 Å². The first-order chi connectivity index (χ1) is 13.5. The highest BCUT2D eigenvalue weighted by molar-refractivity contribution is 7.99. The van der Waals surface area contributed by atoms with Crippen LogP contribution in [-0.2, 0) is 4.79 Å². The molecule has 1 amide bonds. The lowest BCUT2D eigenvalue weighted by Gasteiger charge is -2.06. The van der Waals surface area contributed by atoms with E-state index in [0.717, 1.165) is 22.8 Å². The fourth-order valence-electron chi connectivity index (χ4n) is 2.89. The van der Waals surface area contributed by atoms with E-state index in [9.17, 15) is 4.79 Å². The van der Waals surface area contributed by atoms with Gasteiger partial charge < -0.3 is 9.73 Å². The zero-order valence-electron chi connectivity index (χ0n) is 15.3. The van der Waals surface area contributed by atoms with Gasteiger partial charge in [0.15, 0.2) is 5.58 Å². The zero-order valence-corrected chi connectivity index (χ0v) is 16.8. The summed E-state index contributed by atoms with van der Waals surface area (Å²) >= 11 is 7.20. The van der Waals surface area contributed by atoms with E-state index in [1.165, 1.54) is 11.8 Å². The maximum Gasteiger partial charge on any atom is 0.257 e. The SMILES string of the molecule is Cc1nn(-c2ccccc2)c(C)c1NC(=O)CSc1nc2cc(Cl)ccc2o1. The summed E-state index contributed by atoms with van der Waals surface area (Å²) in [6, 6.07) is 15.0. The number of aromatic nitrogens is 3. The maximum atomic E-state index is 12.4. The molecule has 0 saturated heterocycles. The third-order valence-electron chi connectivity index (χ3n) is 4.21. The molecule has 2 aromatic heterocycles. The molecule has 0 saturated carbocycles. The summed E-state index contributed by atoms with van der Waals surface area (Å²) in [7, 11) is 0. The van der Waals surface area contributed by atoms with Crippen LogP contribution in [0.3, 0.4) is 0 Å². The van der Waals surface area contributed by atoms with Crippen molar-refractivity contribution in [2.45, 2.75) is 19.1 Å². The van der Waals surface area contributed by atoms with Crippen molar-refractivity contribution in [3.8, 4) is 5.69 Å². The third kappa shape index (κ3) is 3.76. The van der Waals surface area contributed by atoms with Crippen LogP contribution in [0.1, 0.15) is 11.4 Å². The van der Waals surface area contributed by atoms with Crippen LogP contribution in [0.5, 0.6) is 0 Å². The molecule has 2 aromatic carbocycles. The summed E-state index contributed by atoms with van der Waals surface area (Å²) in [4.78, 5) is 16.8. The number of amides is 1. The molecule has 8 heteroatoms. The highest BCUT2D eigenvalue weighted by atomic mass is 35.5. The fraction of sp³-hybridized carbons (Fsp3) is 0.150. The number of nitrogens with zero attached hydrogens (tertiary/aromatic N) is 3. The Kier molecular flexibility index (Phi) is 5.11. The van der Waals surface area contributed by atoms with E-state index in [-0.39, 0.29) is 11.7 Å². The summed E-state index contributed by atoms with van der Waals surface area (Å²) < 4.78 is 7.45. The second kappa shape index (κ2) is 7.69. The van der Waals surface area contributed by atoms with E-state index in [1.54, 1.807) is 18.2 Å². The first-order valence-corrected chi connectivity index (χ1v) is 9.98. The summed E-state index contributed by atoms with van der Waals surface area (Å²) in [5, 5.41) is 8.51. The number of aryl methyl sites for hydroxylation is 1. The zero-order chi connectivity index (χ0) is 19.7. The van der Waals surface area contributed by atoms with E-state index in [2.05, 4.69) is 15.4 Å². The summed E-state index contributed by atoms with van der Waals surface area (Å²) in [5.41, 5.74) is 4.62. The molecule has 0 aliphatic heterocycles. The van der Waals surface area contributed by atoms with Crippen LogP contribution >= 0.6 is 23.4 Å². The van der Waals surface area contributed by atoms with Gasteiger partial charge in [-0.2, -0.15) is 5.10 Å². The van der Waals surface area contributed by atoms with Crippen molar-refractivity contribution in [2.24, 2.45) is 0 Å². The molecule has 0 radical (unpaired) electrons. The number of thioether (sulfide) groups is 1. The standard InChI is InChI=1S/C20H17ClN4O2S/c1-12-19(13(2)25(24-12)15-6-4-3-5-7-15)23-18(26)11-28-20-22-16-10-14(21)8-9-17(16)27-20/h3-10H,11H2,1-2H3,(H,23,26). The van der Waals surface area contributed by atoms with Gasteiger partial charge in [0.1, 0.15) is 5.52 Å². The summed E-state index contributed by atoms with van der Waals surface area (Å²) in [6.45, 7) is 3.81. The number of halogens is 1. The molecule has 2 heterocycles. The molecular weight excluding hydrogens is 396 g/mol. The van der Waals surface area contributed by atoms with E-state index in [4.69, 9.17) is 16.0 Å². The van der Waals surface area contributed by atoms with Gasteiger partial charge >= 0.3 is 0 Å². The Morgan fingerprint density at radius 3 is 2.79 bits per heavy atom. The Labute approximate surface area is 170 Å². The van der Waals surface area contributed by atoms with Crippen LogP contribution in [0.25, 0.3) is 16.8 Å². The number of oxazole rings is 1. The van der Waals surface area contributed by atoms with Gasteiger partial charge in [0.05, 0.1) is 28.5 Å². The number of anilines is 1. The van der Waals surface area contributed by atoms with Crippen molar-refractivity contribution < 1.29 is 9.21 Å². The molecule has 0 fully saturated rings. The number of fused-ring (bicyclic) bond motifs is 1. The number of carbonyl (C=O) groups is 1. The monoisotopic (exact) mass is 412 g/mol. The molecule has 6 nitrogen and oxygen atoms in total. The van der Waals surface area contributed by atoms with Crippen molar-refractivity contribution >= 4 is 46.1 Å². The highest BCUT2D eigenvalue weighted by Crippen LogP contribution is 2.27. The van der Waals surface area contributed by atoms with Gasteiger partial charge in [-0.15, -0.1) is 0 Å². The van der Waals surface area contributed by atoms with Crippen LogP contribution < -0.4 is 5.32 Å². The topological polar surface area (TPSA) is 73.0 Å². The van der Waals surface area contributed by atoms with Crippen LogP contribution in [0.15, 0.2) is 58.2 Å². The number of rotatable bonds is 5. The van der Waals surface area contributed by atoms with Crippen molar-refractivity contribution in [3.63, 3.8) is 0 Å². The number of hydrogen-bond acceptors (Lipinski definition) is 5. The minimum Gasteiger partial charge on any atom is -0.431 e. The second-order valence-electron chi connectivity index (χ2n) is 6.22. The van der Waals surface area contributed by atoms with E-state index < -0.39 is 0 Å². The second-order valence-corrected chi connectivity index (χ2v) is 7.58. The lowest BCUT2D eigenvalue weighted by atomic mass is 10.3. The predicted octanol–water partition coefficient (Wildman–Crippen LogP) is 5.01. The average molecular weight is 413 g/mol. The maximum absolute atomic E-state index is 12.4. The number of hydrogen-bond donors (Lipinski definition) is 1. The Balaban J connectivity index is 1.45. The van der Waals surface area contributed by atoms with Crippen LogP contribution in [0.2, 0.25) is 5.02 Å². The number of para-hydroxylation sites is 1. The summed E-state index contributed by atoms with van der Waals surface area (Å²) in [6.07, 6.45) is 0. The van der Waals surface area contributed by atoms with Gasteiger partial charge in [-0.3, -0.25) is 4.79 Å². The Morgan fingerprint density at radius 1 is 1.21 bits per heavy atom. The molecule has 0 aliphatic rings. The van der Waals surface area contributed by atoms with Crippen molar-refractivity contribution in [3.05, 3.63) is 64.9 Å². The predicted molar refractivity (Wildman–Crippen MR) is 111 cm³/mol. The molecule has 0 unspecified atom stereocenters. The molecule has 142 valence electrons. The van der Waals surface area contributed by atoms with Crippen LogP contribution in [0.4, 0.5) is 5.69 Å². The van der Waals surface area contributed by atoms with Crippen molar-refractivity contribution in [1.82, 2.24) is 14.8 Å². The molecule has 1 N–H and O–H groups in total. The number of nitrogens with one attached hydrogen (secondary N) is 1. The molecular formula is C20H17ClN4O2S. The van der Waals surface area contributed by atoms with E-state index in [1.807, 2.05) is 48.9 Å². The third-order valence-corrected chi connectivity index (χ3v) is 5.28. The van der Waals surface area contributed by atoms with Gasteiger partial charge in [-0.25, -0.2) is 9.67 Å². The largest absolute Gasteiger partial charge is 0.431 e. The summed E-state index contributed by atoms with van der Waals surface area (Å²) in [5.74, 6) is 0.0276. The molecule has 4 aromatic rings. The Hall–Kier alpha value is -2.77. The first-order valence-electron chi connectivity index (χ1n) is 8.61. The molecule has 0 aliphatic carbocycles. The van der Waals surface area contributed by atoms with Crippen molar-refractivity contribution in [1.29, 1.82) is 0 Å². The first kappa shape index (κ1) is 18.6. The van der Waals surface area contributed by atoms with Crippen molar-refractivity contribution in [2.75, 3.05) is 11.1 Å². The number of benzene rings is 2. The van der Waals surface area contributed by atoms with E-state index >= 15 is 0 Å². The molecule has 4 rings (SSSR count). The smallest absolute Gasteiger partial charge is 0.257 e. The Bertz CT molecular complexity index is 1150. The Morgan fingerprint density at radius 2 is 2.00 bits per heavy atom. The lowest BCUT2D eigenvalue weighted by molar-refractivity contribution is -0.113. The van der Waals surface area contributed by atoms with Gasteiger partial charge in [0, 0.05) is 5.02 Å². The fourth-order valence-corrected chi connectivity index (χ4v) is 3.69. The molecule has 0 spiro atoms. The quantitative estimate of drug-likeness (QED) is 0.466. The van der Waals surface area contributed by atoms with Gasteiger partial charge in [0.2, 0.25) is 5.91 Å². The average Bonchev–Trinajstić information content (AvgIpc) is 3.22. The van der Waals surface area contributed by atoms with Crippen LogP contribution in [-0.4, -0.2) is 26.4 Å². The lowest BCUT2D eigenvalue weighted by Crippen LogP contribution is -2.15. The molecule has 0 bridgehead atoms. The molecule has 0 atom stereocenters. The minimum absolute atomic E-state index is 0.149. The normalized spacial score (nSPS) is 11.1. The number of carbonyl (C=O) groups excluding carboxylic acids is 1. The highest BCUT2D eigenvalue weighted by Gasteiger charge is 2.16. The van der Waals surface area contributed by atoms with Gasteiger partial charge in [-0.05, 0) is 44.2 Å². The minimum atomic E-state index is -0.149. The van der Waals surface area contributed by atoms with Gasteiger partial charge in [0.25, 0.3) is 5.22 Å². The molecule has 28 heavy (non-hydrogen) atoms. The van der Waals surface area contributed by atoms with Gasteiger partial charge in [-0.1, -0.05) is 41.6 Å².